The number of hydrogen-bond acceptors (Lipinski definition) is 6. The van der Waals surface area contributed by atoms with Crippen molar-refractivity contribution in [3.05, 3.63) is 82.5 Å². The van der Waals surface area contributed by atoms with Crippen LogP contribution in [-0.4, -0.2) is 53.3 Å². The molecule has 0 spiro atoms. The number of pyridine rings is 1. The van der Waals surface area contributed by atoms with Crippen molar-refractivity contribution >= 4 is 32.9 Å². The first kappa shape index (κ1) is 32.7. The quantitative estimate of drug-likeness (QED) is 0.262. The Labute approximate surface area is 258 Å². The van der Waals surface area contributed by atoms with E-state index in [0.717, 1.165) is 24.2 Å². The van der Waals surface area contributed by atoms with E-state index in [-0.39, 0.29) is 34.7 Å². The topological polar surface area (TPSA) is 123 Å². The minimum Gasteiger partial charge on any atom is -0.347 e. The van der Waals surface area contributed by atoms with Gasteiger partial charge in [0.2, 0.25) is 11.8 Å². The van der Waals surface area contributed by atoms with Crippen molar-refractivity contribution in [2.45, 2.75) is 71.4 Å². The number of carbonyl (C=O) groups excluding carboxylic acids is 2. The number of likely N-dealkylation sites (N-methyl/N-ethyl adjacent to an activating group) is 1. The van der Waals surface area contributed by atoms with Crippen LogP contribution in [0.1, 0.15) is 58.3 Å². The third-order valence-corrected chi connectivity index (χ3v) is 8.66. The summed E-state index contributed by atoms with van der Waals surface area (Å²) in [5.41, 5.74) is 2.42. The number of carbonyl (C=O) groups is 2. The number of nitrogens with zero attached hydrogens (tertiary/aromatic N) is 4. The highest BCUT2D eigenvalue weighted by molar-refractivity contribution is 7.90. The van der Waals surface area contributed by atoms with Gasteiger partial charge < -0.3 is 14.0 Å². The SMILES string of the molecule is CCCCc1nc2ccn(CC(=O)N(C)C)c(=O)c2n1Cc1ccc(-c2ccccc2S(=O)(=O)NC(=O)CC(C)(C)C)cc1. The van der Waals surface area contributed by atoms with Crippen LogP contribution in [-0.2, 0) is 39.1 Å². The number of aryl methyl sites for hydroxylation is 1. The van der Waals surface area contributed by atoms with Gasteiger partial charge in [0.25, 0.3) is 15.6 Å². The number of nitrogens with one attached hydrogen (secondary N) is 1. The van der Waals surface area contributed by atoms with Crippen LogP contribution in [0.5, 0.6) is 0 Å². The van der Waals surface area contributed by atoms with Crippen molar-refractivity contribution < 1.29 is 18.0 Å². The van der Waals surface area contributed by atoms with Gasteiger partial charge in [0, 0.05) is 45.2 Å². The number of amides is 2. The minimum absolute atomic E-state index is 0.0188. The van der Waals surface area contributed by atoms with Crippen molar-refractivity contribution in [3.8, 4) is 11.1 Å². The Kier molecular flexibility index (Phi) is 9.78. The maximum atomic E-state index is 13.6. The Balaban J connectivity index is 1.68. The summed E-state index contributed by atoms with van der Waals surface area (Å²) in [6.45, 7) is 8.02. The van der Waals surface area contributed by atoms with E-state index in [1.807, 2.05) is 49.6 Å². The van der Waals surface area contributed by atoms with E-state index in [1.54, 1.807) is 44.6 Å². The van der Waals surface area contributed by atoms with Crippen LogP contribution in [0, 0.1) is 5.41 Å². The third kappa shape index (κ3) is 7.63. The lowest BCUT2D eigenvalue weighted by molar-refractivity contribution is -0.129. The van der Waals surface area contributed by atoms with Gasteiger partial charge in [0.15, 0.2) is 0 Å². The largest absolute Gasteiger partial charge is 0.347 e. The molecule has 0 saturated carbocycles. The average Bonchev–Trinajstić information content (AvgIpc) is 3.29. The predicted octanol–water partition coefficient (Wildman–Crippen LogP) is 4.59. The number of hydrogen-bond donors (Lipinski definition) is 1. The van der Waals surface area contributed by atoms with Crippen molar-refractivity contribution in [1.82, 2.24) is 23.7 Å². The number of aromatic nitrogens is 3. The summed E-state index contributed by atoms with van der Waals surface area (Å²) in [4.78, 5) is 44.6. The second-order valence-electron chi connectivity index (χ2n) is 12.4. The molecule has 0 saturated heterocycles. The predicted molar refractivity (Wildman–Crippen MR) is 172 cm³/mol. The molecule has 0 aliphatic rings. The molecule has 2 heterocycles. The lowest BCUT2D eigenvalue weighted by atomic mass is 9.92. The Morgan fingerprint density at radius 1 is 1.00 bits per heavy atom. The molecule has 0 aliphatic heterocycles. The van der Waals surface area contributed by atoms with Crippen molar-refractivity contribution in [3.63, 3.8) is 0 Å². The zero-order chi connectivity index (χ0) is 32.2. The van der Waals surface area contributed by atoms with Crippen LogP contribution in [0.25, 0.3) is 22.2 Å². The summed E-state index contributed by atoms with van der Waals surface area (Å²) < 4.78 is 32.0. The fourth-order valence-corrected chi connectivity index (χ4v) is 6.18. The Hall–Kier alpha value is -4.25. The van der Waals surface area contributed by atoms with Gasteiger partial charge in [-0.05, 0) is 35.1 Å². The van der Waals surface area contributed by atoms with Gasteiger partial charge in [-0.2, -0.15) is 0 Å². The van der Waals surface area contributed by atoms with E-state index < -0.39 is 15.9 Å². The first-order valence-electron chi connectivity index (χ1n) is 14.7. The van der Waals surface area contributed by atoms with Gasteiger partial charge in [-0.3, -0.25) is 14.4 Å². The number of benzene rings is 2. The average molecular weight is 620 g/mol. The molecule has 1 N–H and O–H groups in total. The fourth-order valence-electron chi connectivity index (χ4n) is 4.97. The summed E-state index contributed by atoms with van der Waals surface area (Å²) in [5.74, 6) is 0.0526. The molecule has 10 nitrogen and oxygen atoms in total. The molecule has 0 atom stereocenters. The zero-order valence-corrected chi connectivity index (χ0v) is 27.1. The van der Waals surface area contributed by atoms with E-state index in [0.29, 0.717) is 35.1 Å². The van der Waals surface area contributed by atoms with E-state index in [9.17, 15) is 22.8 Å². The maximum Gasteiger partial charge on any atom is 0.277 e. The summed E-state index contributed by atoms with van der Waals surface area (Å²) >= 11 is 0. The van der Waals surface area contributed by atoms with Crippen LogP contribution in [0.4, 0.5) is 0 Å². The van der Waals surface area contributed by atoms with Crippen LogP contribution in [0.3, 0.4) is 0 Å². The Morgan fingerprint density at radius 3 is 2.32 bits per heavy atom. The van der Waals surface area contributed by atoms with Crippen LogP contribution in [0.2, 0.25) is 0 Å². The number of unbranched alkanes of at least 4 members (excludes halogenated alkanes) is 1. The van der Waals surface area contributed by atoms with Crippen LogP contribution < -0.4 is 10.3 Å². The molecule has 0 bridgehead atoms. The molecule has 0 radical (unpaired) electrons. The van der Waals surface area contributed by atoms with Gasteiger partial charge in [-0.1, -0.05) is 76.6 Å². The molecule has 234 valence electrons. The molecular weight excluding hydrogens is 578 g/mol. The summed E-state index contributed by atoms with van der Waals surface area (Å²) in [5, 5.41) is 0. The smallest absolute Gasteiger partial charge is 0.277 e. The highest BCUT2D eigenvalue weighted by atomic mass is 32.2. The monoisotopic (exact) mass is 619 g/mol. The molecule has 0 unspecified atom stereocenters. The number of rotatable bonds is 11. The Morgan fingerprint density at radius 2 is 1.68 bits per heavy atom. The highest BCUT2D eigenvalue weighted by Gasteiger charge is 2.25. The first-order chi connectivity index (χ1) is 20.7. The zero-order valence-electron chi connectivity index (χ0n) is 26.3. The van der Waals surface area contributed by atoms with E-state index in [2.05, 4.69) is 11.6 Å². The molecule has 4 rings (SSSR count). The van der Waals surface area contributed by atoms with Gasteiger partial charge in [0.05, 0.1) is 10.4 Å². The summed E-state index contributed by atoms with van der Waals surface area (Å²) in [7, 11) is -0.795. The van der Waals surface area contributed by atoms with Gasteiger partial charge in [-0.25, -0.2) is 18.1 Å². The molecule has 11 heteroatoms. The second kappa shape index (κ2) is 13.2. The minimum atomic E-state index is -4.10. The molecule has 0 fully saturated rings. The third-order valence-electron chi connectivity index (χ3n) is 7.23. The molecule has 2 amide bonds. The summed E-state index contributed by atoms with van der Waals surface area (Å²) in [6.07, 6.45) is 4.26. The number of imidazole rings is 1. The van der Waals surface area contributed by atoms with Crippen LogP contribution in [0.15, 0.2) is 70.5 Å². The van der Waals surface area contributed by atoms with E-state index in [4.69, 9.17) is 4.98 Å². The van der Waals surface area contributed by atoms with Crippen molar-refractivity contribution in [2.24, 2.45) is 5.41 Å². The fraction of sp³-hybridized carbons (Fsp3) is 0.394. The van der Waals surface area contributed by atoms with Crippen molar-refractivity contribution in [2.75, 3.05) is 14.1 Å². The van der Waals surface area contributed by atoms with Gasteiger partial charge in [0.1, 0.15) is 17.9 Å². The molecular formula is C33H41N5O5S. The van der Waals surface area contributed by atoms with E-state index >= 15 is 0 Å². The molecule has 44 heavy (non-hydrogen) atoms. The lowest BCUT2D eigenvalue weighted by Gasteiger charge is -2.18. The summed E-state index contributed by atoms with van der Waals surface area (Å²) in [6, 6.07) is 15.8. The van der Waals surface area contributed by atoms with Gasteiger partial charge >= 0.3 is 0 Å². The standard InChI is InChI=1S/C33H41N5O5S/c1-7-8-13-28-34-26-18-19-37(22-30(40)36(5)6)32(41)31(26)38(28)21-23-14-16-24(17-15-23)25-11-9-10-12-27(25)44(42,43)35-29(39)20-33(2,3)4/h9-12,14-19H,7-8,13,20-22H2,1-6H3,(H,35,39). The van der Waals surface area contributed by atoms with E-state index in [1.165, 1.54) is 15.5 Å². The molecule has 4 aromatic rings. The normalized spacial score (nSPS) is 12.0. The Bertz CT molecular complexity index is 1830. The first-order valence-corrected chi connectivity index (χ1v) is 16.2. The number of fused-ring (bicyclic) bond motifs is 1. The molecule has 0 aliphatic carbocycles. The molecule has 2 aromatic heterocycles. The molecule has 2 aromatic carbocycles. The van der Waals surface area contributed by atoms with Crippen molar-refractivity contribution in [1.29, 1.82) is 0 Å². The second-order valence-corrected chi connectivity index (χ2v) is 14.1. The highest BCUT2D eigenvalue weighted by Crippen LogP contribution is 2.28. The number of sulfonamides is 1. The maximum absolute atomic E-state index is 13.6. The van der Waals surface area contributed by atoms with Gasteiger partial charge in [-0.15, -0.1) is 0 Å². The van der Waals surface area contributed by atoms with Crippen LogP contribution >= 0.6 is 0 Å². The lowest BCUT2D eigenvalue weighted by Crippen LogP contribution is -2.33.